The average Bonchev–Trinajstić information content (AvgIpc) is 3.12. The van der Waals surface area contributed by atoms with Crippen LogP contribution < -0.4 is 14.8 Å². The van der Waals surface area contributed by atoms with E-state index in [-0.39, 0.29) is 24.4 Å². The minimum absolute atomic E-state index is 0.0200. The summed E-state index contributed by atoms with van der Waals surface area (Å²) in [7, 11) is 4.89. The molecule has 2 saturated heterocycles. The van der Waals surface area contributed by atoms with Gasteiger partial charge in [-0.15, -0.1) is 0 Å². The number of benzene rings is 2. The summed E-state index contributed by atoms with van der Waals surface area (Å²) in [5.74, 6) is 1.48. The molecule has 1 N–H and O–H groups in total. The minimum Gasteiger partial charge on any atom is -0.497 e. The molecular weight excluding hydrogens is 446 g/mol. The van der Waals surface area contributed by atoms with Crippen molar-refractivity contribution in [1.82, 2.24) is 15.1 Å². The van der Waals surface area contributed by atoms with Crippen LogP contribution in [0.1, 0.15) is 24.0 Å². The van der Waals surface area contributed by atoms with Gasteiger partial charge in [0.15, 0.2) is 0 Å². The lowest BCUT2D eigenvalue weighted by atomic mass is 9.74. The number of methoxy groups -OCH3 is 3. The van der Waals surface area contributed by atoms with Gasteiger partial charge in [0.2, 0.25) is 0 Å². The maximum atomic E-state index is 13.8. The summed E-state index contributed by atoms with van der Waals surface area (Å²) in [6.07, 6.45) is 2.04. The number of nitrogens with zero attached hydrogens (tertiary/aromatic N) is 2. The maximum absolute atomic E-state index is 13.8. The van der Waals surface area contributed by atoms with Crippen LogP contribution in [0.2, 0.25) is 0 Å². The van der Waals surface area contributed by atoms with Gasteiger partial charge in [-0.05, 0) is 55.6 Å². The third-order valence-corrected chi connectivity index (χ3v) is 7.21. The van der Waals surface area contributed by atoms with Crippen LogP contribution in [0, 0.1) is 5.92 Å². The zero-order chi connectivity index (χ0) is 24.8. The van der Waals surface area contributed by atoms with Crippen molar-refractivity contribution in [2.24, 2.45) is 5.92 Å². The fourth-order valence-electron chi connectivity index (χ4n) is 5.33. The van der Waals surface area contributed by atoms with E-state index in [1.54, 1.807) is 21.3 Å². The van der Waals surface area contributed by atoms with Gasteiger partial charge in [0.1, 0.15) is 17.0 Å². The standard InChI is InChI=1S/C27H35N3O5/c1-33-16-15-30-25(31)27(28-26(30)32,18-20-7-6-9-23(17-20)34-2)22-11-13-29(14-12-22)19-21-8-4-5-10-24(21)35-3/h4-10,17,22H,11-16,18-19H2,1-3H3,(H,28,32)/t27-/m1/s1. The van der Waals surface area contributed by atoms with Crippen molar-refractivity contribution in [2.45, 2.75) is 31.3 Å². The lowest BCUT2D eigenvalue weighted by Crippen LogP contribution is -2.57. The first-order valence-electron chi connectivity index (χ1n) is 12.1. The number of ether oxygens (including phenoxy) is 3. The second kappa shape index (κ2) is 11.1. The van der Waals surface area contributed by atoms with E-state index in [1.165, 1.54) is 4.90 Å². The van der Waals surface area contributed by atoms with Crippen LogP contribution >= 0.6 is 0 Å². The molecule has 2 fully saturated rings. The van der Waals surface area contributed by atoms with Crippen molar-refractivity contribution >= 4 is 11.9 Å². The lowest BCUT2D eigenvalue weighted by Gasteiger charge is -2.41. The molecule has 4 rings (SSSR count). The number of amides is 3. The monoisotopic (exact) mass is 481 g/mol. The first-order chi connectivity index (χ1) is 17.0. The van der Waals surface area contributed by atoms with Crippen LogP contribution in [0.5, 0.6) is 11.5 Å². The quantitative estimate of drug-likeness (QED) is 0.526. The molecule has 2 aliphatic rings. The Kier molecular flexibility index (Phi) is 7.93. The normalized spacial score (nSPS) is 21.3. The van der Waals surface area contributed by atoms with E-state index < -0.39 is 5.54 Å². The van der Waals surface area contributed by atoms with Gasteiger partial charge in [-0.1, -0.05) is 30.3 Å². The lowest BCUT2D eigenvalue weighted by molar-refractivity contribution is -0.134. The molecule has 2 aromatic carbocycles. The Labute approximate surface area is 207 Å². The number of hydrogen-bond donors (Lipinski definition) is 1. The van der Waals surface area contributed by atoms with Crippen LogP contribution in [0.3, 0.4) is 0 Å². The van der Waals surface area contributed by atoms with E-state index in [0.717, 1.165) is 55.1 Å². The summed E-state index contributed by atoms with van der Waals surface area (Å²) < 4.78 is 16.1. The van der Waals surface area contributed by atoms with E-state index in [9.17, 15) is 9.59 Å². The molecule has 35 heavy (non-hydrogen) atoms. The summed E-state index contributed by atoms with van der Waals surface area (Å²) in [5.41, 5.74) is 1.13. The molecule has 0 unspecified atom stereocenters. The molecule has 2 heterocycles. The van der Waals surface area contributed by atoms with Crippen molar-refractivity contribution in [3.8, 4) is 11.5 Å². The van der Waals surface area contributed by atoms with Crippen LogP contribution in [-0.4, -0.2) is 74.8 Å². The number of carbonyl (C=O) groups is 2. The Morgan fingerprint density at radius 3 is 2.49 bits per heavy atom. The van der Waals surface area contributed by atoms with Gasteiger partial charge in [0.05, 0.1) is 27.4 Å². The number of para-hydroxylation sites is 1. The molecule has 8 nitrogen and oxygen atoms in total. The molecule has 0 spiro atoms. The topological polar surface area (TPSA) is 80.3 Å². The number of carbonyl (C=O) groups excluding carboxylic acids is 2. The van der Waals surface area contributed by atoms with Crippen molar-refractivity contribution in [3.63, 3.8) is 0 Å². The molecule has 188 valence electrons. The van der Waals surface area contributed by atoms with Crippen molar-refractivity contribution in [3.05, 3.63) is 59.7 Å². The second-order valence-corrected chi connectivity index (χ2v) is 9.24. The van der Waals surface area contributed by atoms with Crippen molar-refractivity contribution in [1.29, 1.82) is 0 Å². The Morgan fingerprint density at radius 2 is 1.77 bits per heavy atom. The van der Waals surface area contributed by atoms with Gasteiger partial charge in [-0.2, -0.15) is 0 Å². The molecule has 1 atom stereocenters. The number of urea groups is 1. The molecule has 0 saturated carbocycles. The first-order valence-corrected chi connectivity index (χ1v) is 12.1. The Morgan fingerprint density at radius 1 is 1.00 bits per heavy atom. The van der Waals surface area contributed by atoms with Crippen molar-refractivity contribution in [2.75, 3.05) is 47.6 Å². The predicted molar refractivity (Wildman–Crippen MR) is 133 cm³/mol. The number of nitrogens with one attached hydrogen (secondary N) is 1. The first kappa shape index (κ1) is 25.0. The van der Waals surface area contributed by atoms with Gasteiger partial charge in [0.25, 0.3) is 5.91 Å². The van der Waals surface area contributed by atoms with Gasteiger partial charge in [0, 0.05) is 25.6 Å². The molecule has 8 heteroatoms. The smallest absolute Gasteiger partial charge is 0.325 e. The molecule has 0 aliphatic carbocycles. The van der Waals surface area contributed by atoms with Crippen LogP contribution in [0.15, 0.2) is 48.5 Å². The van der Waals surface area contributed by atoms with Crippen LogP contribution in [0.4, 0.5) is 4.79 Å². The van der Waals surface area contributed by atoms with E-state index in [4.69, 9.17) is 14.2 Å². The van der Waals surface area contributed by atoms with Gasteiger partial charge < -0.3 is 19.5 Å². The molecule has 0 bridgehead atoms. The molecule has 3 amide bonds. The number of likely N-dealkylation sites (tertiary alicyclic amines) is 1. The second-order valence-electron chi connectivity index (χ2n) is 9.24. The number of imide groups is 1. The third kappa shape index (κ3) is 5.28. The van der Waals surface area contributed by atoms with Crippen molar-refractivity contribution < 1.29 is 23.8 Å². The molecule has 0 aromatic heterocycles. The van der Waals surface area contributed by atoms with E-state index >= 15 is 0 Å². The van der Waals surface area contributed by atoms with E-state index in [0.29, 0.717) is 13.0 Å². The Balaban J connectivity index is 1.54. The Hall–Kier alpha value is -3.10. The highest BCUT2D eigenvalue weighted by Crippen LogP contribution is 2.37. The summed E-state index contributed by atoms with van der Waals surface area (Å²) in [5, 5.41) is 3.12. The maximum Gasteiger partial charge on any atom is 0.325 e. The highest BCUT2D eigenvalue weighted by atomic mass is 16.5. The van der Waals surface area contributed by atoms with Crippen LogP contribution in [-0.2, 0) is 22.5 Å². The minimum atomic E-state index is -0.978. The SMILES string of the molecule is COCCN1C(=O)N[C@](Cc2cccc(OC)c2)(C2CCN(Cc3ccccc3OC)CC2)C1=O. The highest BCUT2D eigenvalue weighted by molar-refractivity contribution is 6.07. The molecule has 0 radical (unpaired) electrons. The highest BCUT2D eigenvalue weighted by Gasteiger charge is 2.55. The Bertz CT molecular complexity index is 1040. The molecule has 2 aliphatic heterocycles. The van der Waals surface area contributed by atoms with E-state index in [2.05, 4.69) is 16.3 Å². The number of piperidine rings is 1. The van der Waals surface area contributed by atoms with Gasteiger partial charge in [-0.3, -0.25) is 14.6 Å². The van der Waals surface area contributed by atoms with Gasteiger partial charge in [-0.25, -0.2) is 4.79 Å². The zero-order valence-corrected chi connectivity index (χ0v) is 20.8. The third-order valence-electron chi connectivity index (χ3n) is 7.21. The molecule has 2 aromatic rings. The van der Waals surface area contributed by atoms with E-state index in [1.807, 2.05) is 42.5 Å². The summed E-state index contributed by atoms with van der Waals surface area (Å²) in [4.78, 5) is 30.4. The average molecular weight is 482 g/mol. The number of rotatable bonds is 10. The summed E-state index contributed by atoms with van der Waals surface area (Å²) in [6.45, 7) is 3.02. The fraction of sp³-hybridized carbons (Fsp3) is 0.481. The van der Waals surface area contributed by atoms with Crippen LogP contribution in [0.25, 0.3) is 0 Å². The fourth-order valence-corrected chi connectivity index (χ4v) is 5.33. The predicted octanol–water partition coefficient (Wildman–Crippen LogP) is 3.10. The largest absolute Gasteiger partial charge is 0.497 e. The number of hydrogen-bond acceptors (Lipinski definition) is 6. The summed E-state index contributed by atoms with van der Waals surface area (Å²) >= 11 is 0. The van der Waals surface area contributed by atoms with Gasteiger partial charge >= 0.3 is 6.03 Å². The zero-order valence-electron chi connectivity index (χ0n) is 20.8. The summed E-state index contributed by atoms with van der Waals surface area (Å²) in [6, 6.07) is 15.4. The molecular formula is C27H35N3O5.